The molecule has 142 valence electrons. The summed E-state index contributed by atoms with van der Waals surface area (Å²) in [6.45, 7) is 14.5. The van der Waals surface area contributed by atoms with E-state index in [9.17, 15) is 9.59 Å². The van der Waals surface area contributed by atoms with Crippen molar-refractivity contribution in [1.29, 1.82) is 0 Å². The van der Waals surface area contributed by atoms with Crippen molar-refractivity contribution in [2.45, 2.75) is 78.3 Å². The quantitative estimate of drug-likeness (QED) is 0.444. The minimum atomic E-state index is -0.521. The van der Waals surface area contributed by atoms with Crippen LogP contribution < -0.4 is 0 Å². The minimum absolute atomic E-state index is 0.0809. The van der Waals surface area contributed by atoms with Gasteiger partial charge in [0.1, 0.15) is 23.4 Å². The molecule has 0 aromatic carbocycles. The predicted octanol–water partition coefficient (Wildman–Crippen LogP) is 3.17. The number of hydrogen-bond acceptors (Lipinski definition) is 5. The van der Waals surface area contributed by atoms with Gasteiger partial charge in [-0.2, -0.15) is 0 Å². The summed E-state index contributed by atoms with van der Waals surface area (Å²) in [5.41, 5.74) is -1.04. The van der Waals surface area contributed by atoms with Crippen LogP contribution in [0.5, 0.6) is 0 Å². The molecule has 2 aliphatic rings. The Morgan fingerprint density at radius 2 is 1.60 bits per heavy atom. The second-order valence-electron chi connectivity index (χ2n) is 8.88. The lowest BCUT2D eigenvalue weighted by Gasteiger charge is -2.27. The van der Waals surface area contributed by atoms with Gasteiger partial charge in [0.25, 0.3) is 0 Å². The van der Waals surface area contributed by atoms with Gasteiger partial charge in [-0.3, -0.25) is 14.6 Å². The predicted molar refractivity (Wildman–Crippen MR) is 96.0 cm³/mol. The third kappa shape index (κ3) is 5.46. The first-order chi connectivity index (χ1) is 11.4. The molecular weight excluding hydrogens is 320 g/mol. The van der Waals surface area contributed by atoms with Crippen LogP contribution in [0.15, 0.2) is 12.2 Å². The van der Waals surface area contributed by atoms with E-state index in [1.807, 2.05) is 54.5 Å². The van der Waals surface area contributed by atoms with Crippen molar-refractivity contribution < 1.29 is 19.1 Å². The molecule has 0 radical (unpaired) electrons. The molecule has 2 saturated heterocycles. The van der Waals surface area contributed by atoms with Gasteiger partial charge < -0.3 is 9.47 Å². The van der Waals surface area contributed by atoms with Crippen LogP contribution in [0.2, 0.25) is 0 Å². The lowest BCUT2D eigenvalue weighted by Crippen LogP contribution is -2.43. The maximum Gasteiger partial charge on any atom is 0.411 e. The van der Waals surface area contributed by atoms with Gasteiger partial charge >= 0.3 is 12.1 Å². The molecule has 25 heavy (non-hydrogen) atoms. The Labute approximate surface area is 151 Å². The molecule has 2 rings (SSSR count). The molecule has 6 nitrogen and oxygen atoms in total. The van der Waals surface area contributed by atoms with Gasteiger partial charge in [-0.25, -0.2) is 4.79 Å². The van der Waals surface area contributed by atoms with Crippen molar-refractivity contribution >= 4 is 12.1 Å². The second-order valence-corrected chi connectivity index (χ2v) is 8.88. The summed E-state index contributed by atoms with van der Waals surface area (Å²) in [6.07, 6.45) is 4.45. The first-order valence-corrected chi connectivity index (χ1v) is 9.02. The van der Waals surface area contributed by atoms with E-state index in [-0.39, 0.29) is 24.3 Å². The van der Waals surface area contributed by atoms with E-state index >= 15 is 0 Å². The highest BCUT2D eigenvalue weighted by Gasteiger charge is 2.52. The van der Waals surface area contributed by atoms with Crippen LogP contribution in [-0.2, 0) is 14.3 Å². The molecule has 2 fully saturated rings. The number of hydrogen-bond donors (Lipinski definition) is 0. The van der Waals surface area contributed by atoms with Crippen molar-refractivity contribution in [2.75, 3.05) is 13.1 Å². The Bertz CT molecular complexity index is 545. The van der Waals surface area contributed by atoms with E-state index < -0.39 is 11.2 Å². The third-order valence-corrected chi connectivity index (χ3v) is 4.11. The lowest BCUT2D eigenvalue weighted by molar-refractivity contribution is -0.160. The van der Waals surface area contributed by atoms with Crippen LogP contribution in [-0.4, -0.2) is 58.4 Å². The highest BCUT2D eigenvalue weighted by molar-refractivity contribution is 5.77. The van der Waals surface area contributed by atoms with Crippen LogP contribution in [0, 0.1) is 5.92 Å². The standard InChI is InChI=1S/C19H32N2O4/c1-8-9-13-10-14(16(22)24-18(2,3)4)20(11-13)15-12-21(15)17(23)25-19(5,6)7/h8-9,13-15H,10-12H2,1-7H3/t13-,14-,15-,21?/m1/s1. The molecule has 6 heteroatoms. The summed E-state index contributed by atoms with van der Waals surface area (Å²) in [6, 6.07) is -0.321. The van der Waals surface area contributed by atoms with Gasteiger partial charge in [-0.1, -0.05) is 12.2 Å². The van der Waals surface area contributed by atoms with Crippen LogP contribution >= 0.6 is 0 Å². The molecule has 0 spiro atoms. The number of likely N-dealkylation sites (tertiary alicyclic amines) is 1. The average molecular weight is 352 g/mol. The maximum atomic E-state index is 12.6. The van der Waals surface area contributed by atoms with Crippen LogP contribution in [0.25, 0.3) is 0 Å². The van der Waals surface area contributed by atoms with Gasteiger partial charge in [-0.15, -0.1) is 0 Å². The summed E-state index contributed by atoms with van der Waals surface area (Å²) in [5.74, 6) is 0.0825. The zero-order valence-electron chi connectivity index (χ0n) is 16.5. The van der Waals surface area contributed by atoms with Crippen LogP contribution in [0.1, 0.15) is 54.9 Å². The van der Waals surface area contributed by atoms with Gasteiger partial charge in [0.15, 0.2) is 0 Å². The fourth-order valence-corrected chi connectivity index (χ4v) is 3.17. The molecule has 0 aromatic heterocycles. The number of rotatable bonds is 3. The molecule has 1 amide bonds. The smallest absolute Gasteiger partial charge is 0.411 e. The Morgan fingerprint density at radius 1 is 1.00 bits per heavy atom. The highest BCUT2D eigenvalue weighted by Crippen LogP contribution is 2.35. The molecular formula is C19H32N2O4. The number of allylic oxidation sites excluding steroid dienone is 1. The molecule has 3 atom stereocenters. The zero-order valence-corrected chi connectivity index (χ0v) is 16.5. The Morgan fingerprint density at radius 3 is 2.12 bits per heavy atom. The highest BCUT2D eigenvalue weighted by atomic mass is 16.6. The molecule has 0 bridgehead atoms. The molecule has 0 aromatic rings. The number of carbonyl (C=O) groups is 2. The van der Waals surface area contributed by atoms with E-state index in [1.165, 1.54) is 0 Å². The Kier molecular flexibility index (Phi) is 5.52. The van der Waals surface area contributed by atoms with E-state index in [4.69, 9.17) is 9.47 Å². The molecule has 0 N–H and O–H groups in total. The largest absolute Gasteiger partial charge is 0.459 e. The third-order valence-electron chi connectivity index (χ3n) is 4.11. The summed E-state index contributed by atoms with van der Waals surface area (Å²) in [7, 11) is 0. The molecule has 2 aliphatic heterocycles. The molecule has 0 aliphatic carbocycles. The van der Waals surface area contributed by atoms with E-state index in [0.717, 1.165) is 13.0 Å². The summed E-state index contributed by atoms with van der Waals surface area (Å²) < 4.78 is 11.0. The fourth-order valence-electron chi connectivity index (χ4n) is 3.17. The molecule has 0 saturated carbocycles. The summed E-state index contributed by atoms with van der Waals surface area (Å²) >= 11 is 0. The number of nitrogens with zero attached hydrogens (tertiary/aromatic N) is 2. The average Bonchev–Trinajstić information content (AvgIpc) is 3.10. The van der Waals surface area contributed by atoms with Crippen molar-refractivity contribution in [3.8, 4) is 0 Å². The van der Waals surface area contributed by atoms with Crippen molar-refractivity contribution in [3.05, 3.63) is 12.2 Å². The zero-order chi connectivity index (χ0) is 19.0. The minimum Gasteiger partial charge on any atom is -0.459 e. The fraction of sp³-hybridized carbons (Fsp3) is 0.789. The van der Waals surface area contributed by atoms with E-state index in [2.05, 4.69) is 11.0 Å². The van der Waals surface area contributed by atoms with Gasteiger partial charge in [0.05, 0.1) is 6.54 Å². The number of carbonyl (C=O) groups excluding carboxylic acids is 2. The van der Waals surface area contributed by atoms with Crippen molar-refractivity contribution in [3.63, 3.8) is 0 Å². The summed E-state index contributed by atoms with van der Waals surface area (Å²) in [4.78, 5) is 28.6. The SMILES string of the molecule is CC=C[C@@H]1C[C@H](C(=O)OC(C)(C)C)N([C@H]2CN2C(=O)OC(C)(C)C)C1. The first kappa shape index (κ1) is 19.8. The van der Waals surface area contributed by atoms with Gasteiger partial charge in [-0.05, 0) is 60.8 Å². The number of amides is 1. The monoisotopic (exact) mass is 352 g/mol. The van der Waals surface area contributed by atoms with Gasteiger partial charge in [0, 0.05) is 6.54 Å². The Balaban J connectivity index is 2.06. The van der Waals surface area contributed by atoms with E-state index in [1.54, 1.807) is 4.90 Å². The summed E-state index contributed by atoms with van der Waals surface area (Å²) in [5, 5.41) is 0. The number of ether oxygens (including phenoxy) is 2. The van der Waals surface area contributed by atoms with Gasteiger partial charge in [0.2, 0.25) is 0 Å². The maximum absolute atomic E-state index is 12.6. The van der Waals surface area contributed by atoms with Crippen LogP contribution in [0.4, 0.5) is 4.79 Å². The van der Waals surface area contributed by atoms with Crippen molar-refractivity contribution in [2.24, 2.45) is 5.92 Å². The normalized spacial score (nSPS) is 27.6. The van der Waals surface area contributed by atoms with E-state index in [0.29, 0.717) is 12.5 Å². The Hall–Kier alpha value is -1.56. The molecule has 0 unspecified atom stereocenters. The lowest BCUT2D eigenvalue weighted by atomic mass is 10.1. The topological polar surface area (TPSA) is 58.8 Å². The number of esters is 1. The molecule has 2 heterocycles. The van der Waals surface area contributed by atoms with Crippen LogP contribution in [0.3, 0.4) is 0 Å². The first-order valence-electron chi connectivity index (χ1n) is 9.02. The van der Waals surface area contributed by atoms with Crippen molar-refractivity contribution in [1.82, 2.24) is 9.80 Å². The second kappa shape index (κ2) is 6.98.